The van der Waals surface area contributed by atoms with Crippen molar-refractivity contribution in [2.45, 2.75) is 12.5 Å². The van der Waals surface area contributed by atoms with Crippen LogP contribution >= 0.6 is 0 Å². The normalized spacial score (nSPS) is 16.1. The van der Waals surface area contributed by atoms with Crippen LogP contribution in [0.5, 0.6) is 5.75 Å². The van der Waals surface area contributed by atoms with E-state index in [4.69, 9.17) is 10.5 Å². The molecule has 0 radical (unpaired) electrons. The van der Waals surface area contributed by atoms with E-state index >= 15 is 0 Å². The summed E-state index contributed by atoms with van der Waals surface area (Å²) in [5.74, 6) is -0.0405. The lowest BCUT2D eigenvalue weighted by molar-refractivity contribution is -0.117. The first kappa shape index (κ1) is 18.5. The van der Waals surface area contributed by atoms with Crippen LogP contribution in [0.15, 0.2) is 54.9 Å². The van der Waals surface area contributed by atoms with Crippen LogP contribution in [0.2, 0.25) is 0 Å². The highest BCUT2D eigenvalue weighted by molar-refractivity contribution is 6.03. The number of ether oxygens (including phenoxy) is 1. The van der Waals surface area contributed by atoms with Crippen LogP contribution < -0.4 is 20.7 Å². The summed E-state index contributed by atoms with van der Waals surface area (Å²) in [6.45, 7) is 0.581. The van der Waals surface area contributed by atoms with Gasteiger partial charge in [-0.2, -0.15) is 5.10 Å². The summed E-state index contributed by atoms with van der Waals surface area (Å²) in [7, 11) is 1.54. The average Bonchev–Trinajstić information content (AvgIpc) is 3.39. The van der Waals surface area contributed by atoms with E-state index in [-0.39, 0.29) is 5.91 Å². The summed E-state index contributed by atoms with van der Waals surface area (Å²) < 4.78 is 5.22. The zero-order valence-electron chi connectivity index (χ0n) is 15.9. The second kappa shape index (κ2) is 7.67. The molecule has 1 saturated heterocycles. The molecule has 0 spiro atoms. The lowest BCUT2D eigenvalue weighted by Crippen LogP contribution is -2.34. The highest BCUT2D eigenvalue weighted by Crippen LogP contribution is 2.29. The molecule has 8 nitrogen and oxygen atoms in total. The Morgan fingerprint density at radius 1 is 1.24 bits per heavy atom. The van der Waals surface area contributed by atoms with Gasteiger partial charge in [-0.25, -0.2) is 0 Å². The van der Waals surface area contributed by atoms with Gasteiger partial charge in [0.05, 0.1) is 24.6 Å². The van der Waals surface area contributed by atoms with Gasteiger partial charge in [0.25, 0.3) is 5.91 Å². The standard InChI is InChI=1S/C21H21N5O3/c1-29-16-6-7-17(20(22)27)19(10-16)25-18-8-9-26(21(18)28)15-4-2-13(3-5-15)14-11-23-24-12-14/h2-7,10-12,18,25H,8-9H2,1H3,(H2,22,27)(H,23,24). The number of methoxy groups -OCH3 is 1. The molecule has 1 aliphatic rings. The number of H-pyrrole nitrogens is 1. The third kappa shape index (κ3) is 3.64. The molecule has 2 amide bonds. The number of carbonyl (C=O) groups excluding carboxylic acids is 2. The van der Waals surface area contributed by atoms with Crippen molar-refractivity contribution in [2.24, 2.45) is 5.73 Å². The Kier molecular flexibility index (Phi) is 4.90. The van der Waals surface area contributed by atoms with Crippen LogP contribution in [0.3, 0.4) is 0 Å². The van der Waals surface area contributed by atoms with Crippen molar-refractivity contribution in [1.29, 1.82) is 0 Å². The third-order valence-corrected chi connectivity index (χ3v) is 5.04. The zero-order chi connectivity index (χ0) is 20.4. The smallest absolute Gasteiger partial charge is 0.250 e. The number of nitrogens with zero attached hydrogens (tertiary/aromatic N) is 2. The van der Waals surface area contributed by atoms with E-state index in [1.165, 1.54) is 0 Å². The average molecular weight is 391 g/mol. The Balaban J connectivity index is 1.52. The van der Waals surface area contributed by atoms with Crippen molar-refractivity contribution in [3.63, 3.8) is 0 Å². The zero-order valence-corrected chi connectivity index (χ0v) is 15.9. The lowest BCUT2D eigenvalue weighted by Gasteiger charge is -2.19. The van der Waals surface area contributed by atoms with Gasteiger partial charge in [-0.3, -0.25) is 14.7 Å². The molecule has 0 bridgehead atoms. The summed E-state index contributed by atoms with van der Waals surface area (Å²) in [5, 5.41) is 9.91. The number of aromatic nitrogens is 2. The molecule has 1 aliphatic heterocycles. The second-order valence-electron chi connectivity index (χ2n) is 6.79. The van der Waals surface area contributed by atoms with Crippen molar-refractivity contribution in [1.82, 2.24) is 10.2 Å². The van der Waals surface area contributed by atoms with Gasteiger partial charge in [-0.1, -0.05) is 12.1 Å². The van der Waals surface area contributed by atoms with E-state index < -0.39 is 11.9 Å². The van der Waals surface area contributed by atoms with Gasteiger partial charge in [0.2, 0.25) is 5.91 Å². The minimum absolute atomic E-state index is 0.0562. The van der Waals surface area contributed by atoms with Crippen molar-refractivity contribution in [2.75, 3.05) is 23.9 Å². The van der Waals surface area contributed by atoms with Crippen LogP contribution in [0, 0.1) is 0 Å². The fraction of sp³-hybridized carbons (Fsp3) is 0.190. The first-order valence-electron chi connectivity index (χ1n) is 9.22. The van der Waals surface area contributed by atoms with E-state index in [9.17, 15) is 9.59 Å². The van der Waals surface area contributed by atoms with Crippen LogP contribution in [-0.2, 0) is 4.79 Å². The number of nitrogens with one attached hydrogen (secondary N) is 2. The number of nitrogens with two attached hydrogens (primary N) is 1. The molecule has 1 atom stereocenters. The van der Waals surface area contributed by atoms with Crippen LogP contribution in [0.4, 0.5) is 11.4 Å². The number of amides is 2. The van der Waals surface area contributed by atoms with Crippen LogP contribution in [0.25, 0.3) is 11.1 Å². The quantitative estimate of drug-likeness (QED) is 0.597. The van der Waals surface area contributed by atoms with E-state index in [2.05, 4.69) is 15.5 Å². The maximum atomic E-state index is 13.0. The Bertz CT molecular complexity index is 1030. The van der Waals surface area contributed by atoms with Gasteiger partial charge in [-0.15, -0.1) is 0 Å². The highest BCUT2D eigenvalue weighted by atomic mass is 16.5. The summed E-state index contributed by atoms with van der Waals surface area (Å²) in [6, 6.07) is 12.2. The Hall–Kier alpha value is -3.81. The molecule has 1 unspecified atom stereocenters. The molecule has 8 heteroatoms. The molecule has 0 saturated carbocycles. The number of primary amides is 1. The van der Waals surface area contributed by atoms with Crippen molar-refractivity contribution in [3.05, 3.63) is 60.4 Å². The summed E-state index contributed by atoms with van der Waals surface area (Å²) in [4.78, 5) is 26.4. The number of benzene rings is 2. The molecule has 4 rings (SSSR count). The fourth-order valence-electron chi connectivity index (χ4n) is 3.49. The third-order valence-electron chi connectivity index (χ3n) is 5.04. The summed E-state index contributed by atoms with van der Waals surface area (Å²) in [6.07, 6.45) is 4.18. The number of hydrogen-bond donors (Lipinski definition) is 3. The van der Waals surface area contributed by atoms with Crippen molar-refractivity contribution in [3.8, 4) is 16.9 Å². The number of hydrogen-bond acceptors (Lipinski definition) is 5. The first-order chi connectivity index (χ1) is 14.1. The topological polar surface area (TPSA) is 113 Å². The first-order valence-corrected chi connectivity index (χ1v) is 9.22. The Morgan fingerprint density at radius 3 is 2.69 bits per heavy atom. The van der Waals surface area contributed by atoms with E-state index in [1.54, 1.807) is 36.4 Å². The van der Waals surface area contributed by atoms with Crippen LogP contribution in [-0.4, -0.2) is 41.7 Å². The van der Waals surface area contributed by atoms with E-state index in [0.29, 0.717) is 30.0 Å². The largest absolute Gasteiger partial charge is 0.497 e. The van der Waals surface area contributed by atoms with Gasteiger partial charge in [0.15, 0.2) is 0 Å². The number of anilines is 2. The van der Waals surface area contributed by atoms with Gasteiger partial charge < -0.3 is 20.7 Å². The van der Waals surface area contributed by atoms with Gasteiger partial charge in [-0.05, 0) is 36.2 Å². The number of aromatic amines is 1. The SMILES string of the molecule is COc1ccc(C(N)=O)c(NC2CCN(c3ccc(-c4cn[nH]c4)cc3)C2=O)c1. The molecular formula is C21H21N5O3. The van der Waals surface area contributed by atoms with Crippen LogP contribution in [0.1, 0.15) is 16.8 Å². The Morgan fingerprint density at radius 2 is 2.03 bits per heavy atom. The van der Waals surface area contributed by atoms with Gasteiger partial charge in [0, 0.05) is 30.1 Å². The molecule has 1 aromatic heterocycles. The molecule has 29 heavy (non-hydrogen) atoms. The predicted molar refractivity (Wildman–Crippen MR) is 110 cm³/mol. The monoisotopic (exact) mass is 391 g/mol. The minimum Gasteiger partial charge on any atom is -0.497 e. The van der Waals surface area contributed by atoms with Crippen molar-refractivity contribution < 1.29 is 14.3 Å². The van der Waals surface area contributed by atoms with Gasteiger partial charge >= 0.3 is 0 Å². The maximum Gasteiger partial charge on any atom is 0.250 e. The van der Waals surface area contributed by atoms with Crippen molar-refractivity contribution >= 4 is 23.2 Å². The molecule has 0 aliphatic carbocycles. The number of carbonyl (C=O) groups is 2. The molecule has 3 aromatic rings. The molecule has 2 heterocycles. The molecule has 2 aromatic carbocycles. The molecule has 1 fully saturated rings. The Labute approximate surface area is 167 Å². The molecule has 148 valence electrons. The molecule has 4 N–H and O–H groups in total. The highest BCUT2D eigenvalue weighted by Gasteiger charge is 2.33. The lowest BCUT2D eigenvalue weighted by atomic mass is 10.1. The van der Waals surface area contributed by atoms with E-state index in [1.807, 2.05) is 30.5 Å². The predicted octanol–water partition coefficient (Wildman–Crippen LogP) is 2.40. The van der Waals surface area contributed by atoms with Gasteiger partial charge in [0.1, 0.15) is 11.8 Å². The summed E-state index contributed by atoms with van der Waals surface area (Å²) in [5.41, 5.74) is 9.11. The van der Waals surface area contributed by atoms with E-state index in [0.717, 1.165) is 16.8 Å². The molecular weight excluding hydrogens is 370 g/mol. The number of rotatable bonds is 6. The maximum absolute atomic E-state index is 13.0. The fourth-order valence-corrected chi connectivity index (χ4v) is 3.49. The second-order valence-corrected chi connectivity index (χ2v) is 6.79. The summed E-state index contributed by atoms with van der Waals surface area (Å²) >= 11 is 0. The minimum atomic E-state index is -0.563.